The van der Waals surface area contributed by atoms with Crippen LogP contribution in [0, 0.1) is 5.92 Å². The summed E-state index contributed by atoms with van der Waals surface area (Å²) >= 11 is 5.90. The maximum atomic E-state index is 13.1. The number of nitrogens with zero attached hydrogens (tertiary/aromatic N) is 3. The molecule has 0 spiro atoms. The lowest BCUT2D eigenvalue weighted by Crippen LogP contribution is -2.39. The summed E-state index contributed by atoms with van der Waals surface area (Å²) in [5.74, 6) is -2.74. The molecule has 136 valence electrons. The van der Waals surface area contributed by atoms with Crippen molar-refractivity contribution in [2.45, 2.75) is 6.04 Å². The lowest BCUT2D eigenvalue weighted by Gasteiger charge is -2.22. The number of hydrazone groups is 1. The second-order valence-electron chi connectivity index (χ2n) is 6.07. The van der Waals surface area contributed by atoms with E-state index in [1.165, 1.54) is 12.1 Å². The minimum Gasteiger partial charge on any atom is -0.464 e. The molecule has 7 nitrogen and oxygen atoms in total. The first-order chi connectivity index (χ1) is 13.0. The highest BCUT2D eigenvalue weighted by molar-refractivity contribution is 6.47. The summed E-state index contributed by atoms with van der Waals surface area (Å²) in [4.78, 5) is 39.4. The summed E-state index contributed by atoms with van der Waals surface area (Å²) in [6.07, 6.45) is 0. The molecule has 1 fully saturated rings. The van der Waals surface area contributed by atoms with Crippen molar-refractivity contribution >= 4 is 46.5 Å². The Hall–Kier alpha value is -3.19. The van der Waals surface area contributed by atoms with E-state index in [2.05, 4.69) is 5.10 Å². The van der Waals surface area contributed by atoms with Crippen LogP contribution < -0.4 is 9.91 Å². The molecule has 0 aromatic heterocycles. The predicted octanol–water partition coefficient (Wildman–Crippen LogP) is 2.25. The van der Waals surface area contributed by atoms with Crippen molar-refractivity contribution in [1.82, 2.24) is 0 Å². The molecule has 0 bridgehead atoms. The van der Waals surface area contributed by atoms with E-state index in [9.17, 15) is 14.4 Å². The van der Waals surface area contributed by atoms with Crippen LogP contribution in [0.1, 0.15) is 0 Å². The highest BCUT2D eigenvalue weighted by atomic mass is 35.5. The lowest BCUT2D eigenvalue weighted by atomic mass is 9.98. The van der Waals surface area contributed by atoms with Gasteiger partial charge in [-0.25, -0.2) is 9.69 Å². The van der Waals surface area contributed by atoms with Crippen molar-refractivity contribution in [1.29, 1.82) is 0 Å². The third-order valence-electron chi connectivity index (χ3n) is 4.55. The summed E-state index contributed by atoms with van der Waals surface area (Å²) in [5, 5.41) is 6.14. The van der Waals surface area contributed by atoms with E-state index in [1.54, 1.807) is 48.5 Å². The molecule has 27 heavy (non-hydrogen) atoms. The van der Waals surface area contributed by atoms with Gasteiger partial charge in [-0.05, 0) is 36.4 Å². The average molecular weight is 384 g/mol. The highest BCUT2D eigenvalue weighted by Crippen LogP contribution is 2.38. The van der Waals surface area contributed by atoms with E-state index in [0.29, 0.717) is 16.4 Å². The summed E-state index contributed by atoms with van der Waals surface area (Å²) in [6.45, 7) is 0. The predicted molar refractivity (Wildman–Crippen MR) is 99.6 cm³/mol. The maximum absolute atomic E-state index is 13.1. The number of carbonyl (C=O) groups is 3. The molecule has 2 aliphatic heterocycles. The van der Waals surface area contributed by atoms with Gasteiger partial charge in [0.1, 0.15) is 12.0 Å². The van der Waals surface area contributed by atoms with Gasteiger partial charge in [0.25, 0.3) is 5.91 Å². The van der Waals surface area contributed by atoms with Gasteiger partial charge in [-0.1, -0.05) is 29.8 Å². The fourth-order valence-corrected chi connectivity index (χ4v) is 3.45. The minimum atomic E-state index is -1.03. The Morgan fingerprint density at radius 1 is 1.00 bits per heavy atom. The van der Waals surface area contributed by atoms with Gasteiger partial charge < -0.3 is 4.74 Å². The van der Waals surface area contributed by atoms with E-state index < -0.39 is 29.7 Å². The topological polar surface area (TPSA) is 79.3 Å². The highest BCUT2D eigenvalue weighted by Gasteiger charge is 2.59. The van der Waals surface area contributed by atoms with Crippen molar-refractivity contribution in [3.8, 4) is 0 Å². The van der Waals surface area contributed by atoms with Crippen LogP contribution >= 0.6 is 11.6 Å². The molecule has 4 rings (SSSR count). The number of para-hydroxylation sites is 1. The van der Waals surface area contributed by atoms with Crippen molar-refractivity contribution in [2.75, 3.05) is 17.0 Å². The normalized spacial score (nSPS) is 21.3. The van der Waals surface area contributed by atoms with Gasteiger partial charge in [-0.3, -0.25) is 14.6 Å². The Morgan fingerprint density at radius 3 is 2.30 bits per heavy atom. The SMILES string of the molecule is COC(=O)C1=NN(c2ccccc2)[C@@H]2C(=O)N(c3ccc(Cl)cc3)C(=O)[C@@H]12. The average Bonchev–Trinajstić information content (AvgIpc) is 3.20. The fraction of sp³-hybridized carbons (Fsp3) is 0.158. The standard InChI is InChI=1S/C19H14ClN3O4/c1-27-19(26)15-14-16(23(21-15)13-5-3-2-4-6-13)18(25)22(17(14)24)12-9-7-11(20)8-10-12/h2-10,14,16H,1H3/t14-,16-/m0/s1. The zero-order valence-electron chi connectivity index (χ0n) is 14.2. The van der Waals surface area contributed by atoms with Crippen molar-refractivity contribution in [3.63, 3.8) is 0 Å². The molecule has 2 atom stereocenters. The molecule has 0 saturated carbocycles. The van der Waals surface area contributed by atoms with Crippen LogP contribution in [0.4, 0.5) is 11.4 Å². The molecule has 2 amide bonds. The summed E-state index contributed by atoms with van der Waals surface area (Å²) < 4.78 is 4.77. The third kappa shape index (κ3) is 2.67. The van der Waals surface area contributed by atoms with Gasteiger partial charge in [0.05, 0.1) is 18.5 Å². The molecule has 0 N–H and O–H groups in total. The zero-order valence-corrected chi connectivity index (χ0v) is 15.0. The Bertz CT molecular complexity index is 959. The number of hydrogen-bond donors (Lipinski definition) is 0. The molecule has 0 unspecified atom stereocenters. The number of amides is 2. The number of carbonyl (C=O) groups excluding carboxylic acids is 3. The van der Waals surface area contributed by atoms with Crippen LogP contribution in [0.3, 0.4) is 0 Å². The van der Waals surface area contributed by atoms with Gasteiger partial charge in [0.15, 0.2) is 5.71 Å². The molecule has 2 aromatic carbocycles. The largest absolute Gasteiger partial charge is 0.464 e. The van der Waals surface area contributed by atoms with Crippen LogP contribution in [0.25, 0.3) is 0 Å². The second-order valence-corrected chi connectivity index (χ2v) is 6.50. The van der Waals surface area contributed by atoms with E-state index in [1.807, 2.05) is 6.07 Å². The van der Waals surface area contributed by atoms with E-state index in [-0.39, 0.29) is 5.71 Å². The first kappa shape index (κ1) is 17.2. The molecule has 2 heterocycles. The van der Waals surface area contributed by atoms with Crippen molar-refractivity contribution in [3.05, 3.63) is 59.6 Å². The Morgan fingerprint density at radius 2 is 1.67 bits per heavy atom. The number of hydrogen-bond acceptors (Lipinski definition) is 6. The maximum Gasteiger partial charge on any atom is 0.355 e. The van der Waals surface area contributed by atoms with Gasteiger partial charge in [0.2, 0.25) is 5.91 Å². The third-order valence-corrected chi connectivity index (χ3v) is 4.80. The molecular weight excluding hydrogens is 370 g/mol. The van der Waals surface area contributed by atoms with Gasteiger partial charge in [-0.15, -0.1) is 0 Å². The quantitative estimate of drug-likeness (QED) is 0.600. The molecule has 2 aromatic rings. The molecule has 0 radical (unpaired) electrons. The van der Waals surface area contributed by atoms with E-state index in [0.717, 1.165) is 4.90 Å². The van der Waals surface area contributed by atoms with Crippen LogP contribution in [0.5, 0.6) is 0 Å². The summed E-state index contributed by atoms with van der Waals surface area (Å²) in [7, 11) is 1.21. The first-order valence-electron chi connectivity index (χ1n) is 8.17. The van der Waals surface area contributed by atoms with Crippen LogP contribution in [-0.4, -0.2) is 36.6 Å². The molecular formula is C19H14ClN3O4. The van der Waals surface area contributed by atoms with Crippen LogP contribution in [0.15, 0.2) is 59.7 Å². The Kier molecular flexibility index (Phi) is 4.16. The summed E-state index contributed by atoms with van der Waals surface area (Å²) in [5.41, 5.74) is 0.910. The number of methoxy groups -OCH3 is 1. The Balaban J connectivity index is 1.80. The zero-order chi connectivity index (χ0) is 19.1. The molecule has 8 heteroatoms. The van der Waals surface area contributed by atoms with Crippen molar-refractivity contribution < 1.29 is 19.1 Å². The minimum absolute atomic E-state index is 0.0823. The number of benzene rings is 2. The number of rotatable bonds is 3. The van der Waals surface area contributed by atoms with Gasteiger partial charge >= 0.3 is 5.97 Å². The van der Waals surface area contributed by atoms with Gasteiger partial charge in [-0.2, -0.15) is 5.10 Å². The molecule has 1 saturated heterocycles. The van der Waals surface area contributed by atoms with Gasteiger partial charge in [0, 0.05) is 5.02 Å². The van der Waals surface area contributed by atoms with E-state index >= 15 is 0 Å². The number of ether oxygens (including phenoxy) is 1. The van der Waals surface area contributed by atoms with E-state index in [4.69, 9.17) is 16.3 Å². The fourth-order valence-electron chi connectivity index (χ4n) is 3.33. The number of imide groups is 1. The monoisotopic (exact) mass is 383 g/mol. The smallest absolute Gasteiger partial charge is 0.355 e. The van der Waals surface area contributed by atoms with Crippen LogP contribution in [-0.2, 0) is 19.1 Å². The Labute approximate surface area is 159 Å². The molecule has 0 aliphatic carbocycles. The number of anilines is 2. The lowest BCUT2D eigenvalue weighted by molar-refractivity contribution is -0.133. The number of halogens is 1. The van der Waals surface area contributed by atoms with Crippen LogP contribution in [0.2, 0.25) is 5.02 Å². The second kappa shape index (κ2) is 6.51. The molecule has 2 aliphatic rings. The summed E-state index contributed by atoms with van der Waals surface area (Å²) in [6, 6.07) is 14.3. The number of fused-ring (bicyclic) bond motifs is 1. The van der Waals surface area contributed by atoms with Crippen molar-refractivity contribution in [2.24, 2.45) is 11.0 Å². The number of esters is 1. The first-order valence-corrected chi connectivity index (χ1v) is 8.55.